The quantitative estimate of drug-likeness (QED) is 0.583. The predicted octanol–water partition coefficient (Wildman–Crippen LogP) is 4.89. The molecule has 2 aromatic rings. The number of hydrogen-bond acceptors (Lipinski definition) is 5. The Labute approximate surface area is 185 Å². The summed E-state index contributed by atoms with van der Waals surface area (Å²) < 4.78 is 18.0. The number of nitrogens with zero attached hydrogens (tertiary/aromatic N) is 1. The van der Waals surface area contributed by atoms with Crippen LogP contribution in [0.4, 0.5) is 0 Å². The van der Waals surface area contributed by atoms with E-state index in [0.717, 1.165) is 34.2 Å². The number of likely N-dealkylation sites (tertiary alicyclic amines) is 1. The van der Waals surface area contributed by atoms with E-state index in [-0.39, 0.29) is 6.04 Å². The van der Waals surface area contributed by atoms with E-state index in [4.69, 9.17) is 14.2 Å². The summed E-state index contributed by atoms with van der Waals surface area (Å²) in [5.41, 5.74) is 1.75. The maximum atomic E-state index is 12.1. The highest BCUT2D eigenvalue weighted by atomic mass is 79.9. The summed E-state index contributed by atoms with van der Waals surface area (Å²) in [7, 11) is 3.24. The Kier molecular flexibility index (Phi) is 7.61. The first kappa shape index (κ1) is 22.4. The molecular weight excluding hydrogens is 450 g/mol. The van der Waals surface area contributed by atoms with Crippen molar-refractivity contribution < 1.29 is 24.1 Å². The van der Waals surface area contributed by atoms with Gasteiger partial charge in [0.2, 0.25) is 0 Å². The van der Waals surface area contributed by atoms with E-state index in [1.165, 1.54) is 0 Å². The zero-order valence-electron chi connectivity index (χ0n) is 17.6. The highest BCUT2D eigenvalue weighted by molar-refractivity contribution is 9.10. The number of carboxylic acid groups (broad SMARTS) is 1. The molecule has 0 amide bonds. The summed E-state index contributed by atoms with van der Waals surface area (Å²) >= 11 is 3.57. The van der Waals surface area contributed by atoms with E-state index in [0.29, 0.717) is 31.1 Å². The van der Waals surface area contributed by atoms with Crippen molar-refractivity contribution in [3.05, 3.63) is 52.0 Å². The molecule has 0 aliphatic carbocycles. The van der Waals surface area contributed by atoms with E-state index in [9.17, 15) is 9.90 Å². The molecule has 0 aromatic heterocycles. The lowest BCUT2D eigenvalue weighted by Crippen LogP contribution is -2.47. The molecule has 6 nitrogen and oxygen atoms in total. The summed E-state index contributed by atoms with van der Waals surface area (Å²) in [6.07, 6.45) is 2.44. The Morgan fingerprint density at radius 2 is 1.87 bits per heavy atom. The third-order valence-corrected chi connectivity index (χ3v) is 5.95. The molecule has 1 heterocycles. The lowest BCUT2D eigenvalue weighted by atomic mass is 9.90. The molecule has 2 unspecified atom stereocenters. The molecule has 0 bridgehead atoms. The van der Waals surface area contributed by atoms with Crippen molar-refractivity contribution in [2.75, 3.05) is 27.4 Å². The van der Waals surface area contributed by atoms with Gasteiger partial charge >= 0.3 is 5.97 Å². The molecule has 2 aromatic carbocycles. The number of halogens is 1. The number of rotatable bonds is 8. The number of carbonyl (C=O) groups is 1. The van der Waals surface area contributed by atoms with E-state index >= 15 is 0 Å². The minimum absolute atomic E-state index is 0.365. The van der Waals surface area contributed by atoms with Crippen molar-refractivity contribution in [3.8, 4) is 17.2 Å². The van der Waals surface area contributed by atoms with Crippen LogP contribution >= 0.6 is 15.9 Å². The Balaban J connectivity index is 2.25. The highest BCUT2D eigenvalue weighted by Gasteiger charge is 2.37. The molecule has 2 atom stereocenters. The van der Waals surface area contributed by atoms with Crippen LogP contribution in [-0.2, 0) is 4.79 Å². The average Bonchev–Trinajstić information content (AvgIpc) is 2.76. The van der Waals surface area contributed by atoms with Gasteiger partial charge in [0.05, 0.1) is 26.9 Å². The molecule has 0 saturated carbocycles. The first-order chi connectivity index (χ1) is 14.5. The van der Waals surface area contributed by atoms with Gasteiger partial charge in [0.25, 0.3) is 0 Å². The van der Waals surface area contributed by atoms with E-state index < -0.39 is 12.0 Å². The molecule has 7 heteroatoms. The number of aliphatic carboxylic acids is 1. The van der Waals surface area contributed by atoms with E-state index in [1.54, 1.807) is 14.2 Å². The van der Waals surface area contributed by atoms with Crippen molar-refractivity contribution in [3.63, 3.8) is 0 Å². The van der Waals surface area contributed by atoms with Gasteiger partial charge in [-0.3, -0.25) is 9.69 Å². The second-order valence-electron chi connectivity index (χ2n) is 7.21. The lowest BCUT2D eigenvalue weighted by molar-refractivity contribution is -0.145. The number of methoxy groups -OCH3 is 2. The van der Waals surface area contributed by atoms with Gasteiger partial charge in [-0.15, -0.1) is 0 Å². The Morgan fingerprint density at radius 3 is 2.53 bits per heavy atom. The van der Waals surface area contributed by atoms with Gasteiger partial charge in [0, 0.05) is 15.6 Å². The molecule has 162 valence electrons. The molecule has 1 fully saturated rings. The van der Waals surface area contributed by atoms with E-state index in [2.05, 4.69) is 15.9 Å². The fourth-order valence-electron chi connectivity index (χ4n) is 4.13. The molecule has 1 aliphatic heterocycles. The van der Waals surface area contributed by atoms with Crippen molar-refractivity contribution in [2.24, 2.45) is 0 Å². The Morgan fingerprint density at radius 1 is 1.13 bits per heavy atom. The van der Waals surface area contributed by atoms with Crippen molar-refractivity contribution in [2.45, 2.75) is 38.3 Å². The topological polar surface area (TPSA) is 68.2 Å². The van der Waals surface area contributed by atoms with Crippen molar-refractivity contribution >= 4 is 21.9 Å². The zero-order chi connectivity index (χ0) is 21.7. The summed E-state index contributed by atoms with van der Waals surface area (Å²) in [4.78, 5) is 14.2. The van der Waals surface area contributed by atoms with Crippen LogP contribution in [0.2, 0.25) is 0 Å². The summed E-state index contributed by atoms with van der Waals surface area (Å²) in [6.45, 7) is 3.12. The third-order valence-electron chi connectivity index (χ3n) is 5.46. The lowest BCUT2D eigenvalue weighted by Gasteiger charge is -2.40. The van der Waals surface area contributed by atoms with Crippen LogP contribution < -0.4 is 14.2 Å². The summed E-state index contributed by atoms with van der Waals surface area (Å²) in [5, 5.41) is 9.97. The monoisotopic (exact) mass is 477 g/mol. The van der Waals surface area contributed by atoms with Gasteiger partial charge < -0.3 is 19.3 Å². The standard InChI is InChI=1S/C23H28BrNO5/c1-4-30-21-10-8-15(24)13-17(21)22(25-12-6-5-7-19(25)23(26)27)18-14-16(28-2)9-11-20(18)29-3/h8-11,13-14,19,22H,4-7,12H2,1-3H3,(H,26,27). The molecule has 1 saturated heterocycles. The number of carboxylic acids is 1. The SMILES string of the molecule is CCOc1ccc(Br)cc1C(c1cc(OC)ccc1OC)N1CCCCC1C(=O)O. The van der Waals surface area contributed by atoms with Crippen molar-refractivity contribution in [1.82, 2.24) is 4.90 Å². The predicted molar refractivity (Wildman–Crippen MR) is 119 cm³/mol. The fraction of sp³-hybridized carbons (Fsp3) is 0.435. The van der Waals surface area contributed by atoms with Crippen LogP contribution in [0.1, 0.15) is 43.4 Å². The molecule has 1 N–H and O–H groups in total. The first-order valence-electron chi connectivity index (χ1n) is 10.1. The summed E-state index contributed by atoms with van der Waals surface area (Å²) in [6, 6.07) is 10.5. The number of benzene rings is 2. The normalized spacial score (nSPS) is 17.9. The van der Waals surface area contributed by atoms with Crippen LogP contribution in [0.25, 0.3) is 0 Å². The summed E-state index contributed by atoms with van der Waals surface area (Å²) in [5.74, 6) is 1.28. The number of ether oxygens (including phenoxy) is 3. The van der Waals surface area contributed by atoms with Gasteiger partial charge in [-0.05, 0) is 62.7 Å². The smallest absolute Gasteiger partial charge is 0.320 e. The minimum atomic E-state index is -0.811. The van der Waals surface area contributed by atoms with Gasteiger partial charge in [-0.25, -0.2) is 0 Å². The minimum Gasteiger partial charge on any atom is -0.497 e. The number of piperidine rings is 1. The van der Waals surface area contributed by atoms with Crippen LogP contribution in [0, 0.1) is 0 Å². The molecular formula is C23H28BrNO5. The van der Waals surface area contributed by atoms with E-state index in [1.807, 2.05) is 48.2 Å². The maximum Gasteiger partial charge on any atom is 0.320 e. The van der Waals surface area contributed by atoms with Crippen LogP contribution in [0.15, 0.2) is 40.9 Å². The third kappa shape index (κ3) is 4.73. The fourth-order valence-corrected chi connectivity index (χ4v) is 4.50. The molecule has 30 heavy (non-hydrogen) atoms. The van der Waals surface area contributed by atoms with Crippen LogP contribution in [0.5, 0.6) is 17.2 Å². The van der Waals surface area contributed by atoms with Gasteiger partial charge in [-0.1, -0.05) is 22.4 Å². The highest BCUT2D eigenvalue weighted by Crippen LogP contribution is 2.43. The van der Waals surface area contributed by atoms with Gasteiger partial charge in [0.15, 0.2) is 0 Å². The van der Waals surface area contributed by atoms with Crippen LogP contribution in [0.3, 0.4) is 0 Å². The largest absolute Gasteiger partial charge is 0.497 e. The maximum absolute atomic E-state index is 12.1. The molecule has 1 aliphatic rings. The first-order valence-corrected chi connectivity index (χ1v) is 10.9. The van der Waals surface area contributed by atoms with Crippen LogP contribution in [-0.4, -0.2) is 49.4 Å². The zero-order valence-corrected chi connectivity index (χ0v) is 19.1. The van der Waals surface area contributed by atoms with Gasteiger partial charge in [0.1, 0.15) is 23.3 Å². The number of hydrogen-bond donors (Lipinski definition) is 1. The van der Waals surface area contributed by atoms with Crippen molar-refractivity contribution in [1.29, 1.82) is 0 Å². The Hall–Kier alpha value is -2.25. The molecule has 0 spiro atoms. The molecule has 3 rings (SSSR count). The van der Waals surface area contributed by atoms with Gasteiger partial charge in [-0.2, -0.15) is 0 Å². The Bertz CT molecular complexity index is 888. The average molecular weight is 478 g/mol. The molecule has 0 radical (unpaired) electrons. The second-order valence-corrected chi connectivity index (χ2v) is 8.13. The second kappa shape index (κ2) is 10.2.